The first kappa shape index (κ1) is 17.2. The van der Waals surface area contributed by atoms with Crippen molar-refractivity contribution in [3.63, 3.8) is 0 Å². The van der Waals surface area contributed by atoms with Crippen LogP contribution in [0, 0.1) is 11.2 Å². The second-order valence-electron chi connectivity index (χ2n) is 5.04. The Balaban J connectivity index is 2.05. The molecule has 0 spiro atoms. The minimum absolute atomic E-state index is 0.0241. The zero-order valence-corrected chi connectivity index (χ0v) is 13.0. The molecule has 0 aliphatic heterocycles. The average Bonchev–Trinajstić information content (AvgIpc) is 3.03. The number of aromatic amines is 1. The standard InChI is InChI=1S/C15H9ClF4N4O/c16-10-5-7(1-4-11(10)17)24(25)14(21)8-2-3-9(15(18,19)20)13-12(8)22-6-23-13/h1-6,21,25H,(H,22,23). The number of anilines is 1. The lowest BCUT2D eigenvalue weighted by Gasteiger charge is -2.19. The molecule has 3 aromatic rings. The monoisotopic (exact) mass is 372 g/mol. The second-order valence-corrected chi connectivity index (χ2v) is 5.45. The van der Waals surface area contributed by atoms with Crippen LogP contribution >= 0.6 is 11.6 Å². The summed E-state index contributed by atoms with van der Waals surface area (Å²) in [4.78, 5) is 6.18. The number of imidazole rings is 1. The molecule has 3 N–H and O–H groups in total. The Labute approximate surface area is 142 Å². The first-order valence-corrected chi connectivity index (χ1v) is 7.14. The Bertz CT molecular complexity index is 970. The van der Waals surface area contributed by atoms with Gasteiger partial charge in [-0.25, -0.2) is 14.4 Å². The third-order valence-electron chi connectivity index (χ3n) is 3.50. The molecule has 1 aromatic heterocycles. The largest absolute Gasteiger partial charge is 0.418 e. The highest BCUT2D eigenvalue weighted by Gasteiger charge is 2.34. The predicted octanol–water partition coefficient (Wildman–Crippen LogP) is 4.60. The molecule has 130 valence electrons. The van der Waals surface area contributed by atoms with Gasteiger partial charge in [0.1, 0.15) is 11.3 Å². The van der Waals surface area contributed by atoms with E-state index in [0.717, 1.165) is 30.6 Å². The molecule has 0 aliphatic rings. The topological polar surface area (TPSA) is 76.0 Å². The number of benzene rings is 2. The maximum absolute atomic E-state index is 13.2. The fraction of sp³-hybridized carbons (Fsp3) is 0.0667. The Hall–Kier alpha value is -2.65. The Morgan fingerprint density at radius 2 is 1.96 bits per heavy atom. The van der Waals surface area contributed by atoms with E-state index in [4.69, 9.17) is 17.0 Å². The molecule has 25 heavy (non-hydrogen) atoms. The summed E-state index contributed by atoms with van der Waals surface area (Å²) in [5, 5.41) is 18.3. The molecule has 2 aromatic carbocycles. The van der Waals surface area contributed by atoms with Gasteiger partial charge in [-0.15, -0.1) is 0 Å². The van der Waals surface area contributed by atoms with Crippen LogP contribution in [0.15, 0.2) is 36.7 Å². The van der Waals surface area contributed by atoms with Crippen LogP contribution in [-0.2, 0) is 6.18 Å². The predicted molar refractivity (Wildman–Crippen MR) is 83.6 cm³/mol. The third kappa shape index (κ3) is 3.03. The van der Waals surface area contributed by atoms with Crippen LogP contribution < -0.4 is 5.06 Å². The molecule has 1 heterocycles. The summed E-state index contributed by atoms with van der Waals surface area (Å²) in [6.07, 6.45) is -3.55. The van der Waals surface area contributed by atoms with Gasteiger partial charge < -0.3 is 4.98 Å². The maximum atomic E-state index is 13.2. The summed E-state index contributed by atoms with van der Waals surface area (Å²) < 4.78 is 52.3. The van der Waals surface area contributed by atoms with Crippen molar-refractivity contribution in [2.45, 2.75) is 6.18 Å². The lowest BCUT2D eigenvalue weighted by atomic mass is 10.1. The van der Waals surface area contributed by atoms with E-state index in [1.807, 2.05) is 0 Å². The molecule has 10 heteroatoms. The molecule has 0 atom stereocenters. The number of H-pyrrole nitrogens is 1. The number of halogens is 5. The molecule has 3 rings (SSSR count). The SMILES string of the molecule is N=C(c1ccc(C(F)(F)F)c2nc[nH]c12)N(O)c1ccc(F)c(Cl)c1. The molecule has 0 saturated heterocycles. The fourth-order valence-corrected chi connectivity index (χ4v) is 2.49. The Morgan fingerprint density at radius 1 is 1.24 bits per heavy atom. The highest BCUT2D eigenvalue weighted by molar-refractivity contribution is 6.31. The van der Waals surface area contributed by atoms with E-state index in [2.05, 4.69) is 9.97 Å². The third-order valence-corrected chi connectivity index (χ3v) is 3.79. The summed E-state index contributed by atoms with van der Waals surface area (Å²) in [5.41, 5.74) is -1.45. The smallest absolute Gasteiger partial charge is 0.344 e. The minimum Gasteiger partial charge on any atom is -0.344 e. The van der Waals surface area contributed by atoms with Crippen LogP contribution in [0.2, 0.25) is 5.02 Å². The number of nitrogens with one attached hydrogen (secondary N) is 2. The highest BCUT2D eigenvalue weighted by atomic mass is 35.5. The number of hydrogen-bond acceptors (Lipinski definition) is 3. The summed E-state index contributed by atoms with van der Waals surface area (Å²) in [5.74, 6) is -1.25. The molecular formula is C15H9ClF4N4O. The van der Waals surface area contributed by atoms with E-state index in [1.165, 1.54) is 6.07 Å². The quantitative estimate of drug-likeness (QED) is 0.266. The summed E-state index contributed by atoms with van der Waals surface area (Å²) in [6.45, 7) is 0. The van der Waals surface area contributed by atoms with Gasteiger partial charge in [-0.1, -0.05) is 11.6 Å². The average molecular weight is 373 g/mol. The number of hydroxylamine groups is 1. The minimum atomic E-state index is -4.61. The molecule has 0 fully saturated rings. The number of alkyl halides is 3. The Morgan fingerprint density at radius 3 is 2.60 bits per heavy atom. The van der Waals surface area contributed by atoms with Crippen molar-refractivity contribution < 1.29 is 22.8 Å². The lowest BCUT2D eigenvalue weighted by molar-refractivity contribution is -0.136. The van der Waals surface area contributed by atoms with Crippen molar-refractivity contribution in [2.24, 2.45) is 0 Å². The second kappa shape index (κ2) is 6.01. The van der Waals surface area contributed by atoms with Crippen LogP contribution in [0.5, 0.6) is 0 Å². The van der Waals surface area contributed by atoms with E-state index in [0.29, 0.717) is 5.06 Å². The normalized spacial score (nSPS) is 11.8. The number of rotatable bonds is 2. The Kier molecular flexibility index (Phi) is 4.13. The maximum Gasteiger partial charge on any atom is 0.418 e. The van der Waals surface area contributed by atoms with Crippen molar-refractivity contribution in [1.82, 2.24) is 9.97 Å². The molecule has 0 radical (unpaired) electrons. The van der Waals surface area contributed by atoms with E-state index in [1.54, 1.807) is 0 Å². The van der Waals surface area contributed by atoms with Gasteiger partial charge in [0.2, 0.25) is 0 Å². The highest BCUT2D eigenvalue weighted by Crippen LogP contribution is 2.35. The van der Waals surface area contributed by atoms with Gasteiger partial charge >= 0.3 is 6.18 Å². The van der Waals surface area contributed by atoms with Crippen LogP contribution in [0.1, 0.15) is 11.1 Å². The van der Waals surface area contributed by atoms with Gasteiger partial charge in [0.25, 0.3) is 0 Å². The van der Waals surface area contributed by atoms with Crippen LogP contribution in [0.25, 0.3) is 11.0 Å². The molecule has 5 nitrogen and oxygen atoms in total. The van der Waals surface area contributed by atoms with Gasteiger partial charge in [-0.05, 0) is 30.3 Å². The molecule has 0 unspecified atom stereocenters. The van der Waals surface area contributed by atoms with Crippen molar-refractivity contribution in [2.75, 3.05) is 5.06 Å². The van der Waals surface area contributed by atoms with Gasteiger partial charge in [0, 0.05) is 5.56 Å². The number of fused-ring (bicyclic) bond motifs is 1. The number of amidine groups is 1. The molecule has 0 saturated carbocycles. The summed E-state index contributed by atoms with van der Waals surface area (Å²) in [7, 11) is 0. The first-order valence-electron chi connectivity index (χ1n) is 6.76. The van der Waals surface area contributed by atoms with Crippen LogP contribution in [0.4, 0.5) is 23.2 Å². The molecule has 0 aliphatic carbocycles. The number of nitrogens with zero attached hydrogens (tertiary/aromatic N) is 2. The fourth-order valence-electron chi connectivity index (χ4n) is 2.32. The molecule has 0 bridgehead atoms. The van der Waals surface area contributed by atoms with Gasteiger partial charge in [-0.2, -0.15) is 13.2 Å². The van der Waals surface area contributed by atoms with Gasteiger partial charge in [0.05, 0.1) is 28.1 Å². The van der Waals surface area contributed by atoms with E-state index >= 15 is 0 Å². The van der Waals surface area contributed by atoms with Crippen molar-refractivity contribution in [1.29, 1.82) is 5.41 Å². The zero-order valence-electron chi connectivity index (χ0n) is 12.2. The van der Waals surface area contributed by atoms with Crippen molar-refractivity contribution in [3.05, 3.63) is 58.6 Å². The van der Waals surface area contributed by atoms with E-state index in [9.17, 15) is 22.8 Å². The summed E-state index contributed by atoms with van der Waals surface area (Å²) in [6, 6.07) is 5.06. The zero-order chi connectivity index (χ0) is 18.4. The first-order chi connectivity index (χ1) is 11.7. The van der Waals surface area contributed by atoms with Crippen molar-refractivity contribution in [3.8, 4) is 0 Å². The molecule has 0 amide bonds. The number of aromatic nitrogens is 2. The molecular weight excluding hydrogens is 364 g/mol. The van der Waals surface area contributed by atoms with Gasteiger partial charge in [-0.3, -0.25) is 10.6 Å². The van der Waals surface area contributed by atoms with Crippen molar-refractivity contribution >= 4 is 34.2 Å². The van der Waals surface area contributed by atoms with Gasteiger partial charge in [0.15, 0.2) is 5.84 Å². The van der Waals surface area contributed by atoms with E-state index in [-0.39, 0.29) is 27.3 Å². The van der Waals surface area contributed by atoms with Crippen LogP contribution in [0.3, 0.4) is 0 Å². The summed E-state index contributed by atoms with van der Waals surface area (Å²) >= 11 is 5.63. The lowest BCUT2D eigenvalue weighted by Crippen LogP contribution is -2.27. The van der Waals surface area contributed by atoms with Crippen LogP contribution in [-0.4, -0.2) is 21.0 Å². The van der Waals surface area contributed by atoms with E-state index < -0.39 is 23.4 Å². The number of hydrogen-bond donors (Lipinski definition) is 3.